The monoisotopic (exact) mass is 532 g/mol. The van der Waals surface area contributed by atoms with Gasteiger partial charge in [-0.05, 0) is 48.2 Å². The van der Waals surface area contributed by atoms with Gasteiger partial charge in [0.25, 0.3) is 0 Å². The molecule has 1 heterocycles. The molecule has 0 bridgehead atoms. The van der Waals surface area contributed by atoms with E-state index in [9.17, 15) is 0 Å². The molecule has 31 heavy (non-hydrogen) atoms. The van der Waals surface area contributed by atoms with Crippen LogP contribution in [0.25, 0.3) is 0 Å². The van der Waals surface area contributed by atoms with Gasteiger partial charge in [-0.25, -0.2) is 4.98 Å². The molecule has 6 nitrogen and oxygen atoms in total. The minimum atomic E-state index is 0. The van der Waals surface area contributed by atoms with Crippen molar-refractivity contribution < 1.29 is 9.47 Å². The molecule has 0 unspecified atom stereocenters. The summed E-state index contributed by atoms with van der Waals surface area (Å²) in [4.78, 5) is 8.65. The number of hydrogen-bond donors (Lipinski definition) is 2. The highest BCUT2D eigenvalue weighted by Gasteiger charge is 2.02. The first kappa shape index (κ1) is 24.5. The highest BCUT2D eigenvalue weighted by atomic mass is 127. The van der Waals surface area contributed by atoms with Gasteiger partial charge in [0.1, 0.15) is 11.5 Å². The van der Waals surface area contributed by atoms with Crippen LogP contribution in [0.2, 0.25) is 0 Å². The average molecular weight is 532 g/mol. The molecule has 164 valence electrons. The van der Waals surface area contributed by atoms with Crippen LogP contribution in [0.15, 0.2) is 77.9 Å². The minimum Gasteiger partial charge on any atom is -0.497 e. The van der Waals surface area contributed by atoms with E-state index in [0.717, 1.165) is 36.7 Å². The molecule has 0 saturated heterocycles. The van der Waals surface area contributed by atoms with Crippen LogP contribution < -0.4 is 20.1 Å². The van der Waals surface area contributed by atoms with Crippen molar-refractivity contribution in [1.29, 1.82) is 0 Å². The van der Waals surface area contributed by atoms with Gasteiger partial charge in [-0.2, -0.15) is 0 Å². The molecule has 0 aliphatic rings. The van der Waals surface area contributed by atoms with E-state index in [1.165, 1.54) is 5.56 Å². The smallest absolute Gasteiger partial charge is 0.219 e. The number of aryl methyl sites for hydroxylation is 1. The molecule has 0 amide bonds. The molecule has 0 spiro atoms. The lowest BCUT2D eigenvalue weighted by Crippen LogP contribution is -2.37. The molecule has 7 heteroatoms. The molecular weight excluding hydrogens is 503 g/mol. The molecule has 3 aromatic rings. The van der Waals surface area contributed by atoms with E-state index in [2.05, 4.69) is 44.9 Å². The number of methoxy groups -OCH3 is 1. The van der Waals surface area contributed by atoms with Crippen LogP contribution in [0, 0.1) is 0 Å². The Bertz CT molecular complexity index is 917. The Labute approximate surface area is 201 Å². The molecule has 0 aliphatic carbocycles. The zero-order valence-corrected chi connectivity index (χ0v) is 20.2. The third-order valence-corrected chi connectivity index (χ3v) is 4.54. The van der Waals surface area contributed by atoms with Gasteiger partial charge in [-0.3, -0.25) is 4.99 Å². The van der Waals surface area contributed by atoms with Gasteiger partial charge in [0.05, 0.1) is 7.11 Å². The second kappa shape index (κ2) is 13.5. The van der Waals surface area contributed by atoms with Crippen molar-refractivity contribution in [1.82, 2.24) is 15.6 Å². The van der Waals surface area contributed by atoms with Crippen molar-refractivity contribution in [2.24, 2.45) is 4.99 Å². The fourth-order valence-corrected chi connectivity index (χ4v) is 2.89. The Morgan fingerprint density at radius 2 is 1.65 bits per heavy atom. The summed E-state index contributed by atoms with van der Waals surface area (Å²) in [5.74, 6) is 2.84. The second-order valence-electron chi connectivity index (χ2n) is 6.72. The summed E-state index contributed by atoms with van der Waals surface area (Å²) in [6.07, 6.45) is 3.89. The number of nitrogens with zero attached hydrogens (tertiary/aromatic N) is 2. The molecule has 0 radical (unpaired) electrons. The van der Waals surface area contributed by atoms with E-state index in [4.69, 9.17) is 9.47 Å². The van der Waals surface area contributed by atoms with Gasteiger partial charge >= 0.3 is 0 Å². The van der Waals surface area contributed by atoms with Gasteiger partial charge < -0.3 is 20.1 Å². The summed E-state index contributed by atoms with van der Waals surface area (Å²) in [6.45, 7) is 1.50. The SMILES string of the molecule is CN=C(NCCCc1ccccc1)NCc1ccc(Oc2ccc(OC)cc2)nc1.I. The topological polar surface area (TPSA) is 67.8 Å². The number of hydrogen-bond acceptors (Lipinski definition) is 4. The highest BCUT2D eigenvalue weighted by Crippen LogP contribution is 2.22. The van der Waals surface area contributed by atoms with Crippen molar-refractivity contribution in [2.45, 2.75) is 19.4 Å². The number of aliphatic imine (C=N–C) groups is 1. The molecule has 0 aliphatic heterocycles. The van der Waals surface area contributed by atoms with Crippen molar-refractivity contribution in [3.8, 4) is 17.4 Å². The zero-order chi connectivity index (χ0) is 21.0. The molecule has 2 N–H and O–H groups in total. The maximum absolute atomic E-state index is 5.76. The van der Waals surface area contributed by atoms with Gasteiger partial charge in [0.15, 0.2) is 5.96 Å². The number of pyridine rings is 1. The van der Waals surface area contributed by atoms with E-state index in [1.807, 2.05) is 42.5 Å². The fourth-order valence-electron chi connectivity index (χ4n) is 2.89. The molecule has 0 saturated carbocycles. The molecule has 2 aromatic carbocycles. The zero-order valence-electron chi connectivity index (χ0n) is 17.9. The fraction of sp³-hybridized carbons (Fsp3) is 0.250. The Hall–Kier alpha value is -2.81. The Morgan fingerprint density at radius 1 is 0.903 bits per heavy atom. The predicted molar refractivity (Wildman–Crippen MR) is 136 cm³/mol. The lowest BCUT2D eigenvalue weighted by atomic mass is 10.1. The van der Waals surface area contributed by atoms with Gasteiger partial charge in [0.2, 0.25) is 5.88 Å². The van der Waals surface area contributed by atoms with E-state index < -0.39 is 0 Å². The predicted octanol–water partition coefficient (Wildman–Crippen LogP) is 4.80. The quantitative estimate of drug-likeness (QED) is 0.180. The molecular formula is C24H29IN4O2. The standard InChI is InChI=1S/C24H28N4O2.HI/c1-25-24(26-16-6-9-19-7-4-3-5-8-19)28-18-20-10-15-23(27-17-20)30-22-13-11-21(29-2)12-14-22;/h3-5,7-8,10-15,17H,6,9,16,18H2,1-2H3,(H2,25,26,28);1H. The minimum absolute atomic E-state index is 0. The van der Waals surface area contributed by atoms with Crippen molar-refractivity contribution >= 4 is 29.9 Å². The summed E-state index contributed by atoms with van der Waals surface area (Å²) >= 11 is 0. The number of guanidine groups is 1. The van der Waals surface area contributed by atoms with Crippen LogP contribution in [-0.4, -0.2) is 31.6 Å². The van der Waals surface area contributed by atoms with Crippen LogP contribution in [-0.2, 0) is 13.0 Å². The second-order valence-corrected chi connectivity index (χ2v) is 6.72. The van der Waals surface area contributed by atoms with E-state index in [0.29, 0.717) is 18.2 Å². The van der Waals surface area contributed by atoms with Crippen molar-refractivity contribution in [2.75, 3.05) is 20.7 Å². The lowest BCUT2D eigenvalue weighted by molar-refractivity contribution is 0.412. The Morgan fingerprint density at radius 3 is 2.29 bits per heavy atom. The first-order valence-corrected chi connectivity index (χ1v) is 10.0. The summed E-state index contributed by atoms with van der Waals surface area (Å²) < 4.78 is 10.9. The number of benzene rings is 2. The number of ether oxygens (including phenoxy) is 2. The number of aromatic nitrogens is 1. The van der Waals surface area contributed by atoms with Gasteiger partial charge in [-0.1, -0.05) is 36.4 Å². The van der Waals surface area contributed by atoms with Gasteiger partial charge in [0, 0.05) is 32.4 Å². The van der Waals surface area contributed by atoms with E-state index in [-0.39, 0.29) is 24.0 Å². The van der Waals surface area contributed by atoms with E-state index in [1.54, 1.807) is 20.4 Å². The van der Waals surface area contributed by atoms with Crippen molar-refractivity contribution in [3.63, 3.8) is 0 Å². The normalized spacial score (nSPS) is 10.7. The van der Waals surface area contributed by atoms with Crippen LogP contribution in [0.5, 0.6) is 17.4 Å². The van der Waals surface area contributed by atoms with Crippen molar-refractivity contribution in [3.05, 3.63) is 84.1 Å². The largest absolute Gasteiger partial charge is 0.497 e. The summed E-state index contributed by atoms with van der Waals surface area (Å²) in [5, 5.41) is 6.66. The molecule has 3 rings (SSSR count). The Balaban J connectivity index is 0.00000341. The first-order chi connectivity index (χ1) is 14.8. The summed E-state index contributed by atoms with van der Waals surface area (Å²) in [5.41, 5.74) is 2.40. The van der Waals surface area contributed by atoms with Crippen LogP contribution in [0.1, 0.15) is 17.5 Å². The number of rotatable bonds is 9. The molecule has 0 atom stereocenters. The number of nitrogens with one attached hydrogen (secondary N) is 2. The summed E-state index contributed by atoms with van der Waals surface area (Å²) in [7, 11) is 3.41. The van der Waals surface area contributed by atoms with Gasteiger partial charge in [-0.15, -0.1) is 24.0 Å². The third-order valence-electron chi connectivity index (χ3n) is 4.54. The first-order valence-electron chi connectivity index (χ1n) is 10.0. The van der Waals surface area contributed by atoms with Crippen LogP contribution in [0.3, 0.4) is 0 Å². The molecule has 1 aromatic heterocycles. The third kappa shape index (κ3) is 8.45. The Kier molecular flexibility index (Phi) is 10.6. The lowest BCUT2D eigenvalue weighted by Gasteiger charge is -2.12. The van der Waals surface area contributed by atoms with E-state index >= 15 is 0 Å². The van der Waals surface area contributed by atoms with Crippen LogP contribution in [0.4, 0.5) is 0 Å². The van der Waals surface area contributed by atoms with Crippen LogP contribution >= 0.6 is 24.0 Å². The maximum atomic E-state index is 5.76. The highest BCUT2D eigenvalue weighted by molar-refractivity contribution is 14.0. The number of halogens is 1. The summed E-state index contributed by atoms with van der Waals surface area (Å²) in [6, 6.07) is 21.8. The molecule has 0 fully saturated rings. The maximum Gasteiger partial charge on any atom is 0.219 e. The average Bonchev–Trinajstić information content (AvgIpc) is 2.81.